The van der Waals surface area contributed by atoms with Crippen molar-refractivity contribution in [3.05, 3.63) is 75.1 Å². The molecule has 144 valence electrons. The molecule has 0 saturated carbocycles. The standard InChI is InChI=1S/C19H16FN3O5/c1-11(12-3-5-13(20)6-4-12)21(2)17(24)10-22-18(25)15-8-7-14(23(27)28)9-16(15)19(22)26/h3-9,11H,10H2,1-2H3. The number of nitro groups is 1. The molecule has 1 aliphatic rings. The van der Waals surface area contributed by atoms with Crippen LogP contribution >= 0.6 is 0 Å². The van der Waals surface area contributed by atoms with Gasteiger partial charge in [0.15, 0.2) is 0 Å². The van der Waals surface area contributed by atoms with E-state index in [1.165, 1.54) is 30.1 Å². The van der Waals surface area contributed by atoms with E-state index >= 15 is 0 Å². The van der Waals surface area contributed by atoms with Gasteiger partial charge in [0.1, 0.15) is 12.4 Å². The van der Waals surface area contributed by atoms with Crippen molar-refractivity contribution in [2.45, 2.75) is 13.0 Å². The number of hydrogen-bond acceptors (Lipinski definition) is 5. The summed E-state index contributed by atoms with van der Waals surface area (Å²) in [6.45, 7) is 1.24. The number of fused-ring (bicyclic) bond motifs is 1. The lowest BCUT2D eigenvalue weighted by Crippen LogP contribution is -2.42. The molecule has 3 amide bonds. The first-order valence-electron chi connectivity index (χ1n) is 8.36. The van der Waals surface area contributed by atoms with Crippen molar-refractivity contribution < 1.29 is 23.7 Å². The summed E-state index contributed by atoms with van der Waals surface area (Å²) in [5.74, 6) is -2.32. The van der Waals surface area contributed by atoms with E-state index in [1.807, 2.05) is 0 Å². The summed E-state index contributed by atoms with van der Waals surface area (Å²) in [5.41, 5.74) is 0.309. The highest BCUT2D eigenvalue weighted by molar-refractivity contribution is 6.22. The zero-order valence-electron chi connectivity index (χ0n) is 15.1. The Labute approximate surface area is 159 Å². The molecule has 1 heterocycles. The molecule has 1 aliphatic heterocycles. The zero-order chi connectivity index (χ0) is 20.6. The Morgan fingerprint density at radius 2 is 1.75 bits per heavy atom. The molecule has 0 bridgehead atoms. The number of halogens is 1. The maximum atomic E-state index is 13.1. The molecule has 1 unspecified atom stereocenters. The summed E-state index contributed by atoms with van der Waals surface area (Å²) in [4.78, 5) is 49.9. The summed E-state index contributed by atoms with van der Waals surface area (Å²) in [7, 11) is 1.51. The average molecular weight is 385 g/mol. The lowest BCUT2D eigenvalue weighted by atomic mass is 10.1. The van der Waals surface area contributed by atoms with Gasteiger partial charge in [0.05, 0.1) is 22.1 Å². The van der Waals surface area contributed by atoms with Crippen LogP contribution in [-0.4, -0.2) is 46.0 Å². The van der Waals surface area contributed by atoms with Crippen LogP contribution in [0.1, 0.15) is 39.2 Å². The van der Waals surface area contributed by atoms with Gasteiger partial charge in [-0.2, -0.15) is 0 Å². The van der Waals surface area contributed by atoms with Gasteiger partial charge >= 0.3 is 0 Å². The average Bonchev–Trinajstić information content (AvgIpc) is 2.91. The minimum Gasteiger partial charge on any atom is -0.337 e. The predicted molar refractivity (Wildman–Crippen MR) is 96.0 cm³/mol. The van der Waals surface area contributed by atoms with Gasteiger partial charge in [-0.3, -0.25) is 29.4 Å². The molecule has 0 spiro atoms. The van der Waals surface area contributed by atoms with Gasteiger partial charge in [-0.05, 0) is 30.7 Å². The maximum Gasteiger partial charge on any atom is 0.270 e. The van der Waals surface area contributed by atoms with E-state index in [1.54, 1.807) is 19.1 Å². The first-order chi connectivity index (χ1) is 13.2. The summed E-state index contributed by atoms with van der Waals surface area (Å²) >= 11 is 0. The highest BCUT2D eigenvalue weighted by Crippen LogP contribution is 2.27. The molecule has 9 heteroatoms. The normalized spacial score (nSPS) is 14.0. The van der Waals surface area contributed by atoms with E-state index in [0.29, 0.717) is 5.56 Å². The molecule has 0 N–H and O–H groups in total. The highest BCUT2D eigenvalue weighted by Gasteiger charge is 2.38. The van der Waals surface area contributed by atoms with Crippen LogP contribution in [0.5, 0.6) is 0 Å². The van der Waals surface area contributed by atoms with E-state index in [4.69, 9.17) is 0 Å². The molecular weight excluding hydrogens is 369 g/mol. The number of amides is 3. The minimum absolute atomic E-state index is 0.0256. The van der Waals surface area contributed by atoms with Crippen molar-refractivity contribution in [3.63, 3.8) is 0 Å². The Morgan fingerprint density at radius 3 is 2.36 bits per heavy atom. The van der Waals surface area contributed by atoms with Crippen LogP contribution in [-0.2, 0) is 4.79 Å². The SMILES string of the molecule is CC(c1ccc(F)cc1)N(C)C(=O)CN1C(=O)c2ccc([N+](=O)[O-])cc2C1=O. The van der Waals surface area contributed by atoms with Gasteiger partial charge in [-0.1, -0.05) is 12.1 Å². The number of benzene rings is 2. The number of carbonyl (C=O) groups is 3. The number of nitro benzene ring substituents is 1. The second-order valence-electron chi connectivity index (χ2n) is 6.42. The molecule has 2 aromatic carbocycles. The Bertz CT molecular complexity index is 990. The molecule has 2 aromatic rings. The van der Waals surface area contributed by atoms with Crippen molar-refractivity contribution >= 4 is 23.4 Å². The van der Waals surface area contributed by atoms with Crippen molar-refractivity contribution in [2.24, 2.45) is 0 Å². The molecule has 0 saturated heterocycles. The van der Waals surface area contributed by atoms with E-state index in [9.17, 15) is 28.9 Å². The molecular formula is C19H16FN3O5. The van der Waals surface area contributed by atoms with Crippen LogP contribution in [0.25, 0.3) is 0 Å². The third-order valence-corrected chi connectivity index (χ3v) is 4.79. The van der Waals surface area contributed by atoms with Crippen molar-refractivity contribution in [3.8, 4) is 0 Å². The largest absolute Gasteiger partial charge is 0.337 e. The van der Waals surface area contributed by atoms with Gasteiger partial charge in [0.25, 0.3) is 17.5 Å². The topological polar surface area (TPSA) is 101 Å². The van der Waals surface area contributed by atoms with Crippen molar-refractivity contribution in [1.29, 1.82) is 0 Å². The van der Waals surface area contributed by atoms with Gasteiger partial charge in [0.2, 0.25) is 5.91 Å². The van der Waals surface area contributed by atoms with Crippen molar-refractivity contribution in [1.82, 2.24) is 9.80 Å². The van der Waals surface area contributed by atoms with Crippen LogP contribution in [0.2, 0.25) is 0 Å². The van der Waals surface area contributed by atoms with Crippen LogP contribution < -0.4 is 0 Å². The van der Waals surface area contributed by atoms with E-state index in [2.05, 4.69) is 0 Å². The van der Waals surface area contributed by atoms with Gasteiger partial charge in [0, 0.05) is 19.2 Å². The maximum absolute atomic E-state index is 13.1. The molecule has 1 atom stereocenters. The van der Waals surface area contributed by atoms with Crippen LogP contribution in [0, 0.1) is 15.9 Å². The zero-order valence-corrected chi connectivity index (χ0v) is 15.1. The summed E-state index contributed by atoms with van der Waals surface area (Å²) in [6, 6.07) is 8.62. The van der Waals surface area contributed by atoms with Gasteiger partial charge in [-0.15, -0.1) is 0 Å². The Kier molecular flexibility index (Phi) is 4.91. The fourth-order valence-corrected chi connectivity index (χ4v) is 2.96. The van der Waals surface area contributed by atoms with Gasteiger partial charge < -0.3 is 4.90 Å². The fourth-order valence-electron chi connectivity index (χ4n) is 2.96. The number of likely N-dealkylation sites (N-methyl/N-ethyl adjacent to an activating group) is 1. The molecule has 0 radical (unpaired) electrons. The monoisotopic (exact) mass is 385 g/mol. The van der Waals surface area contributed by atoms with Crippen LogP contribution in [0.15, 0.2) is 42.5 Å². The second kappa shape index (κ2) is 7.18. The fraction of sp³-hybridized carbons (Fsp3) is 0.211. The van der Waals surface area contributed by atoms with Crippen LogP contribution in [0.4, 0.5) is 10.1 Å². The number of nitrogens with zero attached hydrogens (tertiary/aromatic N) is 3. The smallest absolute Gasteiger partial charge is 0.270 e. The first-order valence-corrected chi connectivity index (χ1v) is 8.36. The quantitative estimate of drug-likeness (QED) is 0.447. The van der Waals surface area contributed by atoms with E-state index in [0.717, 1.165) is 17.0 Å². The summed E-state index contributed by atoms with van der Waals surface area (Å²) in [6.07, 6.45) is 0. The summed E-state index contributed by atoms with van der Waals surface area (Å²) in [5, 5.41) is 10.9. The number of imide groups is 1. The predicted octanol–water partition coefficient (Wildman–Crippen LogP) is 2.55. The van der Waals surface area contributed by atoms with E-state index in [-0.39, 0.29) is 16.8 Å². The first kappa shape index (κ1) is 19.2. The molecule has 3 rings (SSSR count). The minimum atomic E-state index is -0.750. The third-order valence-electron chi connectivity index (χ3n) is 4.79. The Hall–Kier alpha value is -3.62. The number of hydrogen-bond donors (Lipinski definition) is 0. The highest BCUT2D eigenvalue weighted by atomic mass is 19.1. The number of non-ortho nitro benzene ring substituents is 1. The van der Waals surface area contributed by atoms with Gasteiger partial charge in [-0.25, -0.2) is 4.39 Å². The molecule has 0 fully saturated rings. The number of rotatable bonds is 5. The molecule has 0 aromatic heterocycles. The lowest BCUT2D eigenvalue weighted by molar-refractivity contribution is -0.384. The Balaban J connectivity index is 1.76. The molecule has 0 aliphatic carbocycles. The Morgan fingerprint density at radius 1 is 1.14 bits per heavy atom. The summed E-state index contributed by atoms with van der Waals surface area (Å²) < 4.78 is 13.1. The lowest BCUT2D eigenvalue weighted by Gasteiger charge is -2.27. The van der Waals surface area contributed by atoms with E-state index < -0.39 is 41.0 Å². The number of carbonyl (C=O) groups excluding carboxylic acids is 3. The second-order valence-corrected chi connectivity index (χ2v) is 6.42. The molecule has 28 heavy (non-hydrogen) atoms. The van der Waals surface area contributed by atoms with Crippen molar-refractivity contribution in [2.75, 3.05) is 13.6 Å². The third kappa shape index (κ3) is 3.34. The van der Waals surface area contributed by atoms with Crippen LogP contribution in [0.3, 0.4) is 0 Å². The molecule has 8 nitrogen and oxygen atoms in total.